The molecule has 1 aromatic carbocycles. The highest BCUT2D eigenvalue weighted by atomic mass is 32.1. The Balaban J connectivity index is 1.62. The molecule has 2 aromatic heterocycles. The predicted molar refractivity (Wildman–Crippen MR) is 112 cm³/mol. The van der Waals surface area contributed by atoms with Gasteiger partial charge < -0.3 is 14.6 Å². The van der Waals surface area contributed by atoms with Crippen LogP contribution in [0.2, 0.25) is 0 Å². The molecular weight excluding hydrogens is 374 g/mol. The smallest absolute Gasteiger partial charge is 0.223 e. The summed E-state index contributed by atoms with van der Waals surface area (Å²) in [7, 11) is 3.99. The fourth-order valence-electron chi connectivity index (χ4n) is 2.93. The summed E-state index contributed by atoms with van der Waals surface area (Å²) < 4.78 is 5.52. The molecule has 0 aliphatic rings. The fraction of sp³-hybridized carbons (Fsp3) is 0.381. The highest BCUT2D eigenvalue weighted by Gasteiger charge is 2.22. The van der Waals surface area contributed by atoms with Crippen LogP contribution in [0.1, 0.15) is 43.6 Å². The van der Waals surface area contributed by atoms with Crippen LogP contribution in [-0.4, -0.2) is 60.3 Å². The van der Waals surface area contributed by atoms with Gasteiger partial charge in [-0.3, -0.25) is 9.59 Å². The number of rotatable bonds is 10. The molecule has 28 heavy (non-hydrogen) atoms. The largest absolute Gasteiger partial charge is 0.380 e. The number of para-hydroxylation sites is 1. The molecule has 148 valence electrons. The number of hydrogen-bond acceptors (Lipinski definition) is 6. The van der Waals surface area contributed by atoms with Crippen LogP contribution >= 0.6 is 11.3 Å². The van der Waals surface area contributed by atoms with Crippen molar-refractivity contribution in [2.75, 3.05) is 33.9 Å². The first-order chi connectivity index (χ1) is 13.5. The molecule has 3 aromatic rings. The van der Waals surface area contributed by atoms with E-state index in [-0.39, 0.29) is 11.6 Å². The second-order valence-corrected chi connectivity index (χ2v) is 8.15. The van der Waals surface area contributed by atoms with Crippen molar-refractivity contribution in [1.82, 2.24) is 14.9 Å². The number of likely N-dealkylation sites (N-methyl/N-ethyl adjacent to an activating group) is 1. The van der Waals surface area contributed by atoms with Crippen molar-refractivity contribution in [3.63, 3.8) is 0 Å². The maximum Gasteiger partial charge on any atom is 0.223 e. The summed E-state index contributed by atoms with van der Waals surface area (Å²) in [6.45, 7) is 3.90. The van der Waals surface area contributed by atoms with Crippen molar-refractivity contribution in [3.05, 3.63) is 51.6 Å². The monoisotopic (exact) mass is 399 g/mol. The minimum Gasteiger partial charge on any atom is -0.380 e. The van der Waals surface area contributed by atoms with Crippen LogP contribution in [0.4, 0.5) is 0 Å². The molecule has 0 saturated carbocycles. The van der Waals surface area contributed by atoms with E-state index >= 15 is 0 Å². The van der Waals surface area contributed by atoms with Crippen LogP contribution in [0.5, 0.6) is 0 Å². The maximum absolute atomic E-state index is 12.9. The van der Waals surface area contributed by atoms with Gasteiger partial charge in [0.15, 0.2) is 10.8 Å². The van der Waals surface area contributed by atoms with Gasteiger partial charge in [0.05, 0.1) is 12.2 Å². The fourth-order valence-corrected chi connectivity index (χ4v) is 3.81. The zero-order chi connectivity index (χ0) is 20.1. The summed E-state index contributed by atoms with van der Waals surface area (Å²) in [5, 5.41) is 1.22. The summed E-state index contributed by atoms with van der Waals surface area (Å²) in [6.07, 6.45) is 2.72. The van der Waals surface area contributed by atoms with Crippen molar-refractivity contribution in [2.45, 2.75) is 19.8 Å². The van der Waals surface area contributed by atoms with Gasteiger partial charge in [0.25, 0.3) is 0 Å². The Bertz CT molecular complexity index is 974. The number of nitrogens with one attached hydrogen (secondary N) is 1. The first kappa shape index (κ1) is 20.4. The van der Waals surface area contributed by atoms with Gasteiger partial charge in [-0.25, -0.2) is 4.98 Å². The minimum absolute atomic E-state index is 0.0389. The van der Waals surface area contributed by atoms with Gasteiger partial charge in [0.1, 0.15) is 5.69 Å². The number of ether oxygens (including phenoxy) is 1. The first-order valence-corrected chi connectivity index (χ1v) is 10.1. The average Bonchev–Trinajstić information content (AvgIpc) is 3.27. The predicted octanol–water partition coefficient (Wildman–Crippen LogP) is 3.70. The van der Waals surface area contributed by atoms with Gasteiger partial charge in [0, 0.05) is 41.5 Å². The van der Waals surface area contributed by atoms with E-state index in [1.807, 2.05) is 45.3 Å². The van der Waals surface area contributed by atoms with E-state index in [0.717, 1.165) is 22.3 Å². The lowest BCUT2D eigenvalue weighted by molar-refractivity contribution is 0.0914. The van der Waals surface area contributed by atoms with E-state index in [2.05, 4.69) is 14.9 Å². The van der Waals surface area contributed by atoms with Crippen molar-refractivity contribution in [3.8, 4) is 0 Å². The number of aromatic amines is 1. The molecule has 7 heteroatoms. The lowest BCUT2D eigenvalue weighted by Crippen LogP contribution is -2.18. The average molecular weight is 400 g/mol. The van der Waals surface area contributed by atoms with E-state index in [0.29, 0.717) is 42.3 Å². The third-order valence-corrected chi connectivity index (χ3v) is 5.43. The molecule has 0 aliphatic carbocycles. The van der Waals surface area contributed by atoms with E-state index in [9.17, 15) is 9.59 Å². The van der Waals surface area contributed by atoms with Crippen LogP contribution < -0.4 is 0 Å². The number of fused-ring (bicyclic) bond motifs is 1. The second-order valence-electron chi connectivity index (χ2n) is 6.94. The van der Waals surface area contributed by atoms with Gasteiger partial charge in [-0.15, -0.1) is 11.3 Å². The van der Waals surface area contributed by atoms with Crippen LogP contribution in [0.25, 0.3) is 10.9 Å². The molecule has 0 fully saturated rings. The van der Waals surface area contributed by atoms with Crippen LogP contribution in [0.3, 0.4) is 0 Å². The number of aromatic nitrogens is 2. The standard InChI is InChI=1S/C21H25N3O3S/c1-14-19(18(25)9-6-11-27-12-10-24(2)3)23-21(28-14)20(26)16-13-22-17-8-5-4-7-15(16)17/h4-5,7-8,13,22H,6,9-12H2,1-3H3. The van der Waals surface area contributed by atoms with E-state index in [1.54, 1.807) is 6.20 Å². The number of carbonyl (C=O) groups excluding carboxylic acids is 2. The zero-order valence-corrected chi connectivity index (χ0v) is 17.3. The number of Topliss-reactive ketones (excluding diaryl/α,β-unsaturated/α-hetero) is 1. The van der Waals surface area contributed by atoms with Crippen molar-refractivity contribution in [2.24, 2.45) is 0 Å². The Morgan fingerprint density at radius 2 is 2.00 bits per heavy atom. The summed E-state index contributed by atoms with van der Waals surface area (Å²) in [5.41, 5.74) is 1.89. The first-order valence-electron chi connectivity index (χ1n) is 9.31. The molecule has 0 aliphatic heterocycles. The topological polar surface area (TPSA) is 75.3 Å². The summed E-state index contributed by atoms with van der Waals surface area (Å²) in [4.78, 5) is 35.7. The maximum atomic E-state index is 12.9. The lowest BCUT2D eigenvalue weighted by atomic mass is 10.1. The van der Waals surface area contributed by atoms with E-state index < -0.39 is 0 Å². The second kappa shape index (κ2) is 9.23. The van der Waals surface area contributed by atoms with Crippen LogP contribution in [0.15, 0.2) is 30.5 Å². The Kier molecular flexibility index (Phi) is 6.72. The number of H-pyrrole nitrogens is 1. The minimum atomic E-state index is -0.156. The van der Waals surface area contributed by atoms with E-state index in [1.165, 1.54) is 11.3 Å². The van der Waals surface area contributed by atoms with Crippen LogP contribution in [0, 0.1) is 6.92 Å². The molecule has 0 spiro atoms. The summed E-state index contributed by atoms with van der Waals surface area (Å²) in [5.74, 6) is -0.195. The van der Waals surface area contributed by atoms with Gasteiger partial charge in [-0.1, -0.05) is 18.2 Å². The summed E-state index contributed by atoms with van der Waals surface area (Å²) in [6, 6.07) is 7.65. The molecule has 0 unspecified atom stereocenters. The molecule has 1 N–H and O–H groups in total. The SMILES string of the molecule is Cc1sc(C(=O)c2c[nH]c3ccccc23)nc1C(=O)CCCOCCN(C)C. The molecule has 0 bridgehead atoms. The zero-order valence-electron chi connectivity index (χ0n) is 16.4. The molecule has 0 saturated heterocycles. The molecule has 6 nitrogen and oxygen atoms in total. The number of benzene rings is 1. The van der Waals surface area contributed by atoms with Gasteiger partial charge >= 0.3 is 0 Å². The van der Waals surface area contributed by atoms with Gasteiger partial charge in [-0.2, -0.15) is 0 Å². The normalized spacial score (nSPS) is 11.4. The molecular formula is C21H25N3O3S. The highest BCUT2D eigenvalue weighted by Crippen LogP contribution is 2.25. The lowest BCUT2D eigenvalue weighted by Gasteiger charge is -2.09. The molecule has 3 rings (SSSR count). The number of nitrogens with zero attached hydrogens (tertiary/aromatic N) is 2. The number of aryl methyl sites for hydroxylation is 1. The number of carbonyl (C=O) groups is 2. The molecule has 0 atom stereocenters. The Labute approximate surface area is 168 Å². The summed E-state index contributed by atoms with van der Waals surface area (Å²) >= 11 is 1.28. The van der Waals surface area contributed by atoms with Crippen molar-refractivity contribution < 1.29 is 14.3 Å². The van der Waals surface area contributed by atoms with Gasteiger partial charge in [-0.05, 0) is 33.5 Å². The van der Waals surface area contributed by atoms with E-state index in [4.69, 9.17) is 4.74 Å². The highest BCUT2D eigenvalue weighted by molar-refractivity contribution is 7.14. The molecule has 0 radical (unpaired) electrons. The number of thiazole rings is 1. The Morgan fingerprint density at radius 1 is 1.21 bits per heavy atom. The third-order valence-electron chi connectivity index (χ3n) is 4.46. The van der Waals surface area contributed by atoms with Gasteiger partial charge in [0.2, 0.25) is 5.78 Å². The van der Waals surface area contributed by atoms with Crippen molar-refractivity contribution in [1.29, 1.82) is 0 Å². The Morgan fingerprint density at radius 3 is 2.79 bits per heavy atom. The molecule has 2 heterocycles. The third kappa shape index (κ3) is 4.73. The molecule has 0 amide bonds. The van der Waals surface area contributed by atoms with Crippen molar-refractivity contribution >= 4 is 33.8 Å². The van der Waals surface area contributed by atoms with Crippen LogP contribution in [-0.2, 0) is 4.74 Å². The quantitative estimate of drug-likeness (QED) is 0.416. The Hall–Kier alpha value is -2.35. The number of hydrogen-bond donors (Lipinski definition) is 1. The number of ketones is 2.